The summed E-state index contributed by atoms with van der Waals surface area (Å²) in [6, 6.07) is 15.7. The molecule has 2 aromatic rings. The molecule has 2 aliphatic rings. The van der Waals surface area contributed by atoms with Gasteiger partial charge in [0.15, 0.2) is 5.60 Å². The number of epoxide rings is 1. The van der Waals surface area contributed by atoms with Crippen molar-refractivity contribution in [1.29, 1.82) is 0 Å². The summed E-state index contributed by atoms with van der Waals surface area (Å²) in [4.78, 5) is 14.5. The number of rotatable bonds is 3. The average molecular weight is 281 g/mol. The molecule has 4 nitrogen and oxygen atoms in total. The van der Waals surface area contributed by atoms with Crippen LogP contribution in [-0.2, 0) is 21.7 Å². The van der Waals surface area contributed by atoms with E-state index in [1.54, 1.807) is 12.0 Å². The topological polar surface area (TPSA) is 42.1 Å². The molecule has 0 aromatic heterocycles. The van der Waals surface area contributed by atoms with Gasteiger partial charge in [0.1, 0.15) is 5.75 Å². The van der Waals surface area contributed by atoms with Crippen LogP contribution in [0.15, 0.2) is 48.5 Å². The zero-order valence-electron chi connectivity index (χ0n) is 11.7. The van der Waals surface area contributed by atoms with Gasteiger partial charge in [-0.2, -0.15) is 0 Å². The monoisotopic (exact) mass is 281 g/mol. The van der Waals surface area contributed by atoms with Crippen molar-refractivity contribution in [3.63, 3.8) is 0 Å². The van der Waals surface area contributed by atoms with Crippen LogP contribution in [0.1, 0.15) is 11.1 Å². The molecule has 4 heteroatoms. The summed E-state index contributed by atoms with van der Waals surface area (Å²) >= 11 is 0. The molecule has 1 spiro atoms. The Bertz CT molecular complexity index is 707. The number of nitrogens with zero attached hydrogens (tertiary/aromatic N) is 1. The molecule has 0 aliphatic carbocycles. The Kier molecular flexibility index (Phi) is 2.56. The fourth-order valence-electron chi connectivity index (χ4n) is 2.92. The Labute approximate surface area is 122 Å². The normalized spacial score (nSPS) is 22.5. The highest BCUT2D eigenvalue weighted by atomic mass is 16.6. The predicted octanol–water partition coefficient (Wildman–Crippen LogP) is 2.47. The first-order valence-electron chi connectivity index (χ1n) is 6.93. The molecule has 0 unspecified atom stereocenters. The van der Waals surface area contributed by atoms with E-state index in [1.807, 2.05) is 48.5 Å². The maximum absolute atomic E-state index is 12.7. The Morgan fingerprint density at radius 1 is 1.24 bits per heavy atom. The van der Waals surface area contributed by atoms with E-state index < -0.39 is 5.60 Å². The number of hydrogen-bond acceptors (Lipinski definition) is 3. The smallest absolute Gasteiger partial charge is 0.266 e. The largest absolute Gasteiger partial charge is 0.497 e. The van der Waals surface area contributed by atoms with E-state index >= 15 is 0 Å². The number of benzene rings is 2. The van der Waals surface area contributed by atoms with Crippen LogP contribution < -0.4 is 9.64 Å². The zero-order chi connectivity index (χ0) is 14.4. The molecule has 2 aliphatic heterocycles. The quantitative estimate of drug-likeness (QED) is 0.812. The van der Waals surface area contributed by atoms with Crippen molar-refractivity contribution in [2.45, 2.75) is 12.1 Å². The van der Waals surface area contributed by atoms with Crippen molar-refractivity contribution in [3.8, 4) is 5.75 Å². The highest BCUT2D eigenvalue weighted by Crippen LogP contribution is 2.52. The van der Waals surface area contributed by atoms with Gasteiger partial charge in [0.25, 0.3) is 5.91 Å². The van der Waals surface area contributed by atoms with E-state index in [1.165, 1.54) is 0 Å². The van der Waals surface area contributed by atoms with Crippen LogP contribution in [0, 0.1) is 0 Å². The molecular weight excluding hydrogens is 266 g/mol. The minimum atomic E-state index is -0.765. The van der Waals surface area contributed by atoms with Crippen LogP contribution in [0.2, 0.25) is 0 Å². The zero-order valence-corrected chi connectivity index (χ0v) is 11.7. The van der Waals surface area contributed by atoms with Gasteiger partial charge in [-0.25, -0.2) is 0 Å². The van der Waals surface area contributed by atoms with Crippen LogP contribution >= 0.6 is 0 Å². The van der Waals surface area contributed by atoms with Gasteiger partial charge >= 0.3 is 0 Å². The van der Waals surface area contributed by atoms with Gasteiger partial charge in [-0.3, -0.25) is 4.79 Å². The lowest BCUT2D eigenvalue weighted by Crippen LogP contribution is -2.32. The molecule has 0 saturated carbocycles. The molecule has 1 fully saturated rings. The third-order valence-electron chi connectivity index (χ3n) is 4.14. The van der Waals surface area contributed by atoms with Crippen LogP contribution in [-0.4, -0.2) is 19.6 Å². The van der Waals surface area contributed by atoms with Gasteiger partial charge < -0.3 is 14.4 Å². The molecule has 0 bridgehead atoms. The lowest BCUT2D eigenvalue weighted by Gasteiger charge is -2.17. The predicted molar refractivity (Wildman–Crippen MR) is 78.3 cm³/mol. The van der Waals surface area contributed by atoms with Crippen LogP contribution in [0.3, 0.4) is 0 Å². The Balaban J connectivity index is 1.75. The summed E-state index contributed by atoms with van der Waals surface area (Å²) in [5, 5.41) is 0. The summed E-state index contributed by atoms with van der Waals surface area (Å²) in [6.45, 7) is 1.02. The van der Waals surface area contributed by atoms with Crippen molar-refractivity contribution < 1.29 is 14.3 Å². The van der Waals surface area contributed by atoms with E-state index in [2.05, 4.69) is 0 Å². The third-order valence-corrected chi connectivity index (χ3v) is 4.14. The number of fused-ring (bicyclic) bond motifs is 2. The highest BCUT2D eigenvalue weighted by molar-refractivity contribution is 6.08. The first-order valence-corrected chi connectivity index (χ1v) is 6.93. The van der Waals surface area contributed by atoms with Crippen molar-refractivity contribution in [1.82, 2.24) is 0 Å². The number of ether oxygens (including phenoxy) is 2. The summed E-state index contributed by atoms with van der Waals surface area (Å²) in [5.74, 6) is 0.771. The van der Waals surface area contributed by atoms with E-state index in [4.69, 9.17) is 9.47 Å². The number of methoxy groups -OCH3 is 1. The number of hydrogen-bond donors (Lipinski definition) is 0. The van der Waals surface area contributed by atoms with Gasteiger partial charge in [-0.05, 0) is 23.8 Å². The van der Waals surface area contributed by atoms with Gasteiger partial charge in [-0.15, -0.1) is 0 Å². The summed E-state index contributed by atoms with van der Waals surface area (Å²) in [6.07, 6.45) is 0. The fourth-order valence-corrected chi connectivity index (χ4v) is 2.92. The molecule has 1 atom stereocenters. The number of anilines is 1. The maximum atomic E-state index is 12.7. The van der Waals surface area contributed by atoms with Crippen molar-refractivity contribution in [2.24, 2.45) is 0 Å². The van der Waals surface area contributed by atoms with Gasteiger partial charge in [0, 0.05) is 5.56 Å². The Morgan fingerprint density at radius 2 is 2.00 bits per heavy atom. The van der Waals surface area contributed by atoms with Crippen LogP contribution in [0.25, 0.3) is 0 Å². The molecule has 4 rings (SSSR count). The Morgan fingerprint density at radius 3 is 2.67 bits per heavy atom. The summed E-state index contributed by atoms with van der Waals surface area (Å²) in [7, 11) is 1.63. The van der Waals surface area contributed by atoms with E-state index in [-0.39, 0.29) is 5.91 Å². The molecule has 2 aromatic carbocycles. The lowest BCUT2D eigenvalue weighted by molar-refractivity contribution is -0.123. The van der Waals surface area contributed by atoms with Gasteiger partial charge in [-0.1, -0.05) is 30.3 Å². The number of carbonyl (C=O) groups is 1. The molecule has 1 amide bonds. The van der Waals surface area contributed by atoms with Gasteiger partial charge in [0.2, 0.25) is 0 Å². The maximum Gasteiger partial charge on any atom is 0.266 e. The molecule has 106 valence electrons. The highest BCUT2D eigenvalue weighted by Gasteiger charge is 2.61. The summed E-state index contributed by atoms with van der Waals surface area (Å²) < 4.78 is 10.8. The molecule has 2 heterocycles. The molecule has 1 saturated heterocycles. The molecule has 0 N–H and O–H groups in total. The third kappa shape index (κ3) is 1.76. The Hall–Kier alpha value is -2.33. The van der Waals surface area contributed by atoms with Crippen LogP contribution in [0.5, 0.6) is 5.75 Å². The fraction of sp³-hybridized carbons (Fsp3) is 0.235. The summed E-state index contributed by atoms with van der Waals surface area (Å²) in [5.41, 5.74) is 2.17. The van der Waals surface area contributed by atoms with Gasteiger partial charge in [0.05, 0.1) is 25.9 Å². The van der Waals surface area contributed by atoms with E-state index in [0.29, 0.717) is 13.2 Å². The van der Waals surface area contributed by atoms with Crippen molar-refractivity contribution in [3.05, 3.63) is 59.7 Å². The van der Waals surface area contributed by atoms with E-state index in [0.717, 1.165) is 22.6 Å². The first kappa shape index (κ1) is 12.4. The lowest BCUT2D eigenvalue weighted by atomic mass is 10.0. The minimum absolute atomic E-state index is 0.0228. The second-order valence-corrected chi connectivity index (χ2v) is 5.38. The first-order chi connectivity index (χ1) is 10.2. The van der Waals surface area contributed by atoms with Crippen LogP contribution in [0.4, 0.5) is 5.69 Å². The molecular formula is C17H15NO3. The second-order valence-electron chi connectivity index (χ2n) is 5.38. The number of amides is 1. The number of carbonyl (C=O) groups excluding carboxylic acids is 1. The average Bonchev–Trinajstić information content (AvgIpc) is 3.30. The van der Waals surface area contributed by atoms with E-state index in [9.17, 15) is 4.79 Å². The second kappa shape index (κ2) is 4.33. The SMILES string of the molecule is COc1ccc2c(c1)[C@@]1(CO1)C(=O)N2Cc1ccccc1. The van der Waals surface area contributed by atoms with Crippen molar-refractivity contribution >= 4 is 11.6 Å². The molecule has 0 radical (unpaired) electrons. The minimum Gasteiger partial charge on any atom is -0.497 e. The molecule has 21 heavy (non-hydrogen) atoms. The van der Waals surface area contributed by atoms with Crippen molar-refractivity contribution in [2.75, 3.05) is 18.6 Å². The standard InChI is InChI=1S/C17H15NO3/c1-20-13-7-8-15-14(9-13)17(11-21-17)16(19)18(15)10-12-5-3-2-4-6-12/h2-9H,10-11H2,1H3/t17-/m0/s1.